The normalized spacial score (nSPS) is 34.3. The molecule has 4 nitrogen and oxygen atoms in total. The van der Waals surface area contributed by atoms with E-state index in [0.717, 1.165) is 19.3 Å². The van der Waals surface area contributed by atoms with Crippen LogP contribution in [0.2, 0.25) is 0 Å². The molecule has 1 saturated heterocycles. The van der Waals surface area contributed by atoms with Crippen molar-refractivity contribution in [1.82, 2.24) is 10.9 Å². The predicted molar refractivity (Wildman–Crippen MR) is 67.2 cm³/mol. The molecule has 2 atom stereocenters. The van der Waals surface area contributed by atoms with E-state index < -0.39 is 0 Å². The lowest BCUT2D eigenvalue weighted by molar-refractivity contribution is -0.143. The van der Waals surface area contributed by atoms with Crippen LogP contribution in [0, 0.1) is 17.3 Å². The maximum Gasteiger partial charge on any atom is 0.242 e. The summed E-state index contributed by atoms with van der Waals surface area (Å²) in [7, 11) is 0. The third-order valence-corrected chi connectivity index (χ3v) is 4.88. The fourth-order valence-corrected chi connectivity index (χ4v) is 3.80. The van der Waals surface area contributed by atoms with E-state index in [-0.39, 0.29) is 29.1 Å². The number of hydrogen-bond acceptors (Lipinski definition) is 2. The number of hydrogen-bond donors (Lipinski definition) is 2. The summed E-state index contributed by atoms with van der Waals surface area (Å²) in [5.74, 6) is -0.344. The highest BCUT2D eigenvalue weighted by molar-refractivity contribution is 5.93. The third kappa shape index (κ3) is 1.66. The van der Waals surface area contributed by atoms with Crippen molar-refractivity contribution in [2.24, 2.45) is 17.3 Å². The smallest absolute Gasteiger partial charge is 0.242 e. The number of amides is 2. The summed E-state index contributed by atoms with van der Waals surface area (Å²) in [6, 6.07) is 0. The van der Waals surface area contributed by atoms with Crippen LogP contribution in [-0.2, 0) is 9.59 Å². The number of allylic oxidation sites excluding steroid dienone is 2. The maximum absolute atomic E-state index is 11.9. The molecule has 18 heavy (non-hydrogen) atoms. The number of hydrazine groups is 1. The van der Waals surface area contributed by atoms with Gasteiger partial charge in [0.1, 0.15) is 0 Å². The van der Waals surface area contributed by atoms with E-state index in [1.807, 2.05) is 0 Å². The average Bonchev–Trinajstić information content (AvgIpc) is 2.33. The molecular weight excluding hydrogens is 228 g/mol. The van der Waals surface area contributed by atoms with Gasteiger partial charge in [-0.15, -0.1) is 0 Å². The molecule has 0 aromatic rings. The summed E-state index contributed by atoms with van der Waals surface area (Å²) in [6.45, 7) is 4.53. The van der Waals surface area contributed by atoms with Crippen molar-refractivity contribution >= 4 is 11.8 Å². The van der Waals surface area contributed by atoms with Crippen LogP contribution < -0.4 is 10.9 Å². The minimum Gasteiger partial charge on any atom is -0.273 e. The van der Waals surface area contributed by atoms with Gasteiger partial charge in [0.15, 0.2) is 0 Å². The summed E-state index contributed by atoms with van der Waals surface area (Å²) in [4.78, 5) is 23.8. The Morgan fingerprint density at radius 3 is 2.33 bits per heavy atom. The summed E-state index contributed by atoms with van der Waals surface area (Å²) in [5.41, 5.74) is 8.07. The van der Waals surface area contributed by atoms with Crippen molar-refractivity contribution in [2.75, 3.05) is 0 Å². The zero-order valence-electron chi connectivity index (χ0n) is 11.0. The molecule has 3 aliphatic rings. The van der Waals surface area contributed by atoms with E-state index in [4.69, 9.17) is 0 Å². The van der Waals surface area contributed by atoms with Crippen molar-refractivity contribution in [3.63, 3.8) is 0 Å². The van der Waals surface area contributed by atoms with E-state index in [2.05, 4.69) is 24.7 Å². The van der Waals surface area contributed by atoms with Crippen LogP contribution in [0.5, 0.6) is 0 Å². The Morgan fingerprint density at radius 2 is 1.67 bits per heavy atom. The Morgan fingerprint density at radius 1 is 1.06 bits per heavy atom. The first-order valence-electron chi connectivity index (χ1n) is 6.80. The molecule has 2 amide bonds. The zero-order valence-corrected chi connectivity index (χ0v) is 11.0. The molecule has 98 valence electrons. The monoisotopic (exact) mass is 248 g/mol. The van der Waals surface area contributed by atoms with Crippen molar-refractivity contribution in [3.05, 3.63) is 11.1 Å². The van der Waals surface area contributed by atoms with Gasteiger partial charge in [-0.25, -0.2) is 0 Å². The number of nitrogens with one attached hydrogen (secondary N) is 2. The number of carbonyl (C=O) groups is 2. The lowest BCUT2D eigenvalue weighted by atomic mass is 9.62. The largest absolute Gasteiger partial charge is 0.273 e. The second kappa shape index (κ2) is 3.84. The van der Waals surface area contributed by atoms with Crippen LogP contribution in [0.25, 0.3) is 0 Å². The van der Waals surface area contributed by atoms with Gasteiger partial charge in [-0.05, 0) is 37.5 Å². The maximum atomic E-state index is 11.9. The fraction of sp³-hybridized carbons (Fsp3) is 0.714. The number of fused-ring (bicyclic) bond motifs is 1. The highest BCUT2D eigenvalue weighted by Gasteiger charge is 2.45. The molecule has 0 unspecified atom stereocenters. The molecule has 0 aromatic carbocycles. The first-order chi connectivity index (χ1) is 8.49. The molecule has 1 heterocycles. The van der Waals surface area contributed by atoms with Crippen LogP contribution in [-0.4, -0.2) is 11.8 Å². The van der Waals surface area contributed by atoms with Crippen LogP contribution in [0.4, 0.5) is 0 Å². The SMILES string of the molecule is CC1(C)CCCC2=C1C[C@@H]1C(=O)NNC(=O)[C@H]1C2. The molecule has 1 aliphatic heterocycles. The first kappa shape index (κ1) is 11.8. The van der Waals surface area contributed by atoms with Gasteiger partial charge in [0.05, 0.1) is 11.8 Å². The van der Waals surface area contributed by atoms with Gasteiger partial charge in [-0.3, -0.25) is 20.4 Å². The van der Waals surface area contributed by atoms with Gasteiger partial charge < -0.3 is 0 Å². The quantitative estimate of drug-likeness (QED) is 0.641. The molecule has 0 spiro atoms. The van der Waals surface area contributed by atoms with Gasteiger partial charge in [-0.1, -0.05) is 25.0 Å². The third-order valence-electron chi connectivity index (χ3n) is 4.88. The molecule has 2 N–H and O–H groups in total. The highest BCUT2D eigenvalue weighted by Crippen LogP contribution is 2.49. The minimum atomic E-state index is -0.158. The lowest BCUT2D eigenvalue weighted by Gasteiger charge is -2.44. The summed E-state index contributed by atoms with van der Waals surface area (Å²) < 4.78 is 0. The first-order valence-corrected chi connectivity index (χ1v) is 6.80. The van der Waals surface area contributed by atoms with Crippen molar-refractivity contribution in [3.8, 4) is 0 Å². The van der Waals surface area contributed by atoms with Crippen LogP contribution >= 0.6 is 0 Å². The Labute approximate surface area is 107 Å². The lowest BCUT2D eigenvalue weighted by Crippen LogP contribution is -2.57. The van der Waals surface area contributed by atoms with E-state index in [0.29, 0.717) is 0 Å². The molecule has 1 fully saturated rings. The van der Waals surface area contributed by atoms with Gasteiger partial charge >= 0.3 is 0 Å². The highest BCUT2D eigenvalue weighted by atomic mass is 16.2. The Hall–Kier alpha value is -1.32. The van der Waals surface area contributed by atoms with Crippen LogP contribution in [0.15, 0.2) is 11.1 Å². The average molecular weight is 248 g/mol. The topological polar surface area (TPSA) is 58.2 Å². The second-order valence-electron chi connectivity index (χ2n) is 6.42. The van der Waals surface area contributed by atoms with Crippen molar-refractivity contribution < 1.29 is 9.59 Å². The Bertz CT molecular complexity index is 451. The Kier molecular flexibility index (Phi) is 2.50. The fourth-order valence-electron chi connectivity index (χ4n) is 3.80. The molecular formula is C14H20N2O2. The minimum absolute atomic E-state index is 0.0190. The van der Waals surface area contributed by atoms with Gasteiger partial charge in [-0.2, -0.15) is 0 Å². The summed E-state index contributed by atoms with van der Waals surface area (Å²) in [5, 5.41) is 0. The van der Waals surface area contributed by atoms with Crippen LogP contribution in [0.3, 0.4) is 0 Å². The molecule has 0 radical (unpaired) electrons. The van der Waals surface area contributed by atoms with Gasteiger partial charge in [0.2, 0.25) is 11.8 Å². The second-order valence-corrected chi connectivity index (χ2v) is 6.42. The molecule has 2 aliphatic carbocycles. The van der Waals surface area contributed by atoms with Gasteiger partial charge in [0, 0.05) is 0 Å². The molecule has 0 saturated carbocycles. The van der Waals surface area contributed by atoms with E-state index in [9.17, 15) is 9.59 Å². The number of carbonyl (C=O) groups excluding carboxylic acids is 2. The van der Waals surface area contributed by atoms with Crippen molar-refractivity contribution in [2.45, 2.75) is 46.0 Å². The number of rotatable bonds is 0. The van der Waals surface area contributed by atoms with Crippen LogP contribution in [0.1, 0.15) is 46.0 Å². The zero-order chi connectivity index (χ0) is 12.9. The summed E-state index contributed by atoms with van der Waals surface area (Å²) >= 11 is 0. The summed E-state index contributed by atoms with van der Waals surface area (Å²) in [6.07, 6.45) is 5.06. The standard InChI is InChI=1S/C14H20N2O2/c1-14(2)5-3-4-8-6-9-10(7-11(8)14)13(18)16-15-12(9)17/h9-10H,3-7H2,1-2H3,(H,15,17)(H,16,18)/t9-,10-/m0/s1. The van der Waals surface area contributed by atoms with E-state index in [1.165, 1.54) is 24.0 Å². The predicted octanol–water partition coefficient (Wildman–Crippen LogP) is 1.68. The molecule has 4 heteroatoms. The molecule has 0 aromatic heterocycles. The molecule has 3 rings (SSSR count). The molecule has 0 bridgehead atoms. The Balaban J connectivity index is 1.97. The van der Waals surface area contributed by atoms with Gasteiger partial charge in [0.25, 0.3) is 0 Å². The van der Waals surface area contributed by atoms with E-state index in [1.54, 1.807) is 0 Å². The van der Waals surface area contributed by atoms with Crippen molar-refractivity contribution in [1.29, 1.82) is 0 Å². The van der Waals surface area contributed by atoms with E-state index >= 15 is 0 Å².